The maximum absolute atomic E-state index is 12.8. The lowest BCUT2D eigenvalue weighted by atomic mass is 9.97. The first-order chi connectivity index (χ1) is 9.95. The quantitative estimate of drug-likeness (QED) is 0.879. The lowest BCUT2D eigenvalue weighted by molar-refractivity contribution is -0.133. The maximum atomic E-state index is 12.8. The topological polar surface area (TPSA) is 80.5 Å². The number of amides is 1. The van der Waals surface area contributed by atoms with Gasteiger partial charge in [-0.15, -0.1) is 0 Å². The molecule has 1 aliphatic rings. The van der Waals surface area contributed by atoms with Crippen molar-refractivity contribution in [1.29, 1.82) is 0 Å². The third-order valence-electron chi connectivity index (χ3n) is 3.60. The molecule has 1 aromatic rings. The Morgan fingerprint density at radius 3 is 2.67 bits per heavy atom. The normalized spacial score (nSPS) is 21.0. The van der Waals surface area contributed by atoms with Gasteiger partial charge in [-0.3, -0.25) is 4.79 Å². The molecule has 0 aromatic heterocycles. The van der Waals surface area contributed by atoms with Gasteiger partial charge in [0.2, 0.25) is 5.91 Å². The molecule has 1 fully saturated rings. The van der Waals surface area contributed by atoms with E-state index >= 15 is 0 Å². The van der Waals surface area contributed by atoms with Gasteiger partial charge >= 0.3 is 0 Å². The Bertz CT molecular complexity index is 589. The summed E-state index contributed by atoms with van der Waals surface area (Å²) in [5, 5.41) is -0.749. The minimum absolute atomic E-state index is 0.170. The van der Waals surface area contributed by atoms with Crippen LogP contribution in [-0.4, -0.2) is 55.4 Å². The second-order valence-electron chi connectivity index (χ2n) is 5.09. The number of thioether (sulfide) groups is 1. The molecule has 2 atom stereocenters. The molecule has 1 amide bonds. The van der Waals surface area contributed by atoms with E-state index in [-0.39, 0.29) is 12.5 Å². The van der Waals surface area contributed by atoms with Gasteiger partial charge in [-0.1, -0.05) is 30.3 Å². The van der Waals surface area contributed by atoms with Gasteiger partial charge in [-0.25, -0.2) is 8.42 Å². The Labute approximate surface area is 129 Å². The van der Waals surface area contributed by atoms with Crippen LogP contribution in [0.4, 0.5) is 0 Å². The van der Waals surface area contributed by atoms with Gasteiger partial charge in [-0.2, -0.15) is 11.8 Å². The summed E-state index contributed by atoms with van der Waals surface area (Å²) in [6.07, 6.45) is 1.18. The molecule has 21 heavy (non-hydrogen) atoms. The fraction of sp³-hybridized carbons (Fsp3) is 0.500. The van der Waals surface area contributed by atoms with Crippen molar-refractivity contribution in [3.63, 3.8) is 0 Å². The average molecular weight is 328 g/mol. The largest absolute Gasteiger partial charge is 0.329 e. The number of carbonyl (C=O) groups is 1. The summed E-state index contributed by atoms with van der Waals surface area (Å²) >= 11 is 1.56. The minimum Gasteiger partial charge on any atom is -0.329 e. The van der Waals surface area contributed by atoms with Crippen LogP contribution in [-0.2, 0) is 14.6 Å². The molecular formula is C14H20N2O3S2. The summed E-state index contributed by atoms with van der Waals surface area (Å²) in [7, 11) is -3.30. The van der Waals surface area contributed by atoms with Crippen LogP contribution in [0.1, 0.15) is 11.5 Å². The van der Waals surface area contributed by atoms with E-state index in [2.05, 4.69) is 0 Å². The second-order valence-corrected chi connectivity index (χ2v) is 8.44. The van der Waals surface area contributed by atoms with Crippen LogP contribution in [0, 0.1) is 0 Å². The maximum Gasteiger partial charge on any atom is 0.232 e. The first-order valence-electron chi connectivity index (χ1n) is 6.77. The van der Waals surface area contributed by atoms with Gasteiger partial charge in [0.05, 0.1) is 5.92 Å². The Kier molecular flexibility index (Phi) is 5.29. The van der Waals surface area contributed by atoms with E-state index in [1.54, 1.807) is 11.8 Å². The van der Waals surface area contributed by atoms with Crippen molar-refractivity contribution < 1.29 is 13.2 Å². The minimum atomic E-state index is -3.30. The van der Waals surface area contributed by atoms with E-state index in [0.29, 0.717) is 12.3 Å². The fourth-order valence-electron chi connectivity index (χ4n) is 2.45. The molecule has 1 aliphatic heterocycles. The molecule has 5 nitrogen and oxygen atoms in total. The van der Waals surface area contributed by atoms with Crippen molar-refractivity contribution in [3.8, 4) is 0 Å². The van der Waals surface area contributed by atoms with Crippen molar-refractivity contribution in [2.24, 2.45) is 5.73 Å². The van der Waals surface area contributed by atoms with Crippen LogP contribution in [0.2, 0.25) is 0 Å². The van der Waals surface area contributed by atoms with Crippen LogP contribution in [0.3, 0.4) is 0 Å². The van der Waals surface area contributed by atoms with Gasteiger partial charge < -0.3 is 10.6 Å². The van der Waals surface area contributed by atoms with Crippen LogP contribution < -0.4 is 5.73 Å². The lowest BCUT2D eigenvalue weighted by Crippen LogP contribution is -2.52. The molecule has 0 bridgehead atoms. The van der Waals surface area contributed by atoms with Crippen molar-refractivity contribution in [2.45, 2.75) is 11.3 Å². The van der Waals surface area contributed by atoms with Crippen molar-refractivity contribution in [2.75, 3.05) is 30.9 Å². The zero-order valence-electron chi connectivity index (χ0n) is 11.9. The highest BCUT2D eigenvalue weighted by molar-refractivity contribution is 8.00. The highest BCUT2D eigenvalue weighted by atomic mass is 32.2. The summed E-state index contributed by atoms with van der Waals surface area (Å²) in [5.74, 6) is 0.499. The number of nitrogens with zero attached hydrogens (tertiary/aromatic N) is 1. The van der Waals surface area contributed by atoms with Gasteiger partial charge in [0.25, 0.3) is 0 Å². The van der Waals surface area contributed by atoms with Crippen LogP contribution in [0.15, 0.2) is 30.3 Å². The molecule has 7 heteroatoms. The molecule has 0 radical (unpaired) electrons. The Hall–Kier alpha value is -1.05. The first-order valence-corrected chi connectivity index (χ1v) is 9.88. The number of carbonyl (C=O) groups excluding carboxylic acids is 1. The predicted octanol–water partition coefficient (Wildman–Crippen LogP) is 0.675. The number of nitrogens with two attached hydrogens (primary N) is 1. The van der Waals surface area contributed by atoms with E-state index in [0.717, 1.165) is 11.3 Å². The standard InChI is InChI=1S/C14H20N2O3S2/c1-21(18,19)13-10-20-8-7-16(13)14(17)12(9-15)11-5-3-2-4-6-11/h2-6,12-13H,7-10,15H2,1H3. The van der Waals surface area contributed by atoms with E-state index in [1.165, 1.54) is 11.2 Å². The summed E-state index contributed by atoms with van der Waals surface area (Å²) < 4.78 is 23.8. The molecule has 116 valence electrons. The number of benzene rings is 1. The van der Waals surface area contributed by atoms with Gasteiger partial charge in [0.1, 0.15) is 5.37 Å². The van der Waals surface area contributed by atoms with Gasteiger partial charge in [0, 0.05) is 30.9 Å². The van der Waals surface area contributed by atoms with Crippen LogP contribution >= 0.6 is 11.8 Å². The highest BCUT2D eigenvalue weighted by Gasteiger charge is 2.37. The molecule has 2 unspecified atom stereocenters. The summed E-state index contributed by atoms with van der Waals surface area (Å²) in [4.78, 5) is 14.2. The Balaban J connectivity index is 2.27. The molecule has 2 rings (SSSR count). The first kappa shape index (κ1) is 16.3. The van der Waals surface area contributed by atoms with Gasteiger partial charge in [0.15, 0.2) is 9.84 Å². The molecule has 1 saturated heterocycles. The molecule has 1 aromatic carbocycles. The van der Waals surface area contributed by atoms with Gasteiger partial charge in [-0.05, 0) is 5.56 Å². The SMILES string of the molecule is CS(=O)(=O)C1CSCCN1C(=O)C(CN)c1ccccc1. The van der Waals surface area contributed by atoms with E-state index in [9.17, 15) is 13.2 Å². The molecule has 0 aliphatic carbocycles. The number of hydrogen-bond acceptors (Lipinski definition) is 5. The van der Waals surface area contributed by atoms with E-state index in [4.69, 9.17) is 5.73 Å². The monoisotopic (exact) mass is 328 g/mol. The number of sulfone groups is 1. The van der Waals surface area contributed by atoms with Crippen LogP contribution in [0.5, 0.6) is 0 Å². The zero-order chi connectivity index (χ0) is 15.5. The van der Waals surface area contributed by atoms with Crippen LogP contribution in [0.25, 0.3) is 0 Å². The number of rotatable bonds is 4. The molecule has 0 saturated carbocycles. The van der Waals surface area contributed by atoms with Crippen molar-refractivity contribution in [1.82, 2.24) is 4.90 Å². The molecular weight excluding hydrogens is 308 g/mol. The summed E-state index contributed by atoms with van der Waals surface area (Å²) in [5.41, 5.74) is 6.59. The zero-order valence-corrected chi connectivity index (χ0v) is 13.6. The third kappa shape index (κ3) is 3.78. The van der Waals surface area contributed by atoms with Crippen molar-refractivity contribution in [3.05, 3.63) is 35.9 Å². The Morgan fingerprint density at radius 1 is 1.43 bits per heavy atom. The third-order valence-corrected chi connectivity index (χ3v) is 6.24. The lowest BCUT2D eigenvalue weighted by Gasteiger charge is -2.36. The van der Waals surface area contributed by atoms with E-state index in [1.807, 2.05) is 30.3 Å². The summed E-state index contributed by atoms with van der Waals surface area (Å²) in [6.45, 7) is 0.619. The molecule has 1 heterocycles. The molecule has 2 N–H and O–H groups in total. The average Bonchev–Trinajstić information content (AvgIpc) is 2.48. The Morgan fingerprint density at radius 2 is 2.10 bits per heavy atom. The smallest absolute Gasteiger partial charge is 0.232 e. The fourth-order valence-corrected chi connectivity index (χ4v) is 5.28. The number of hydrogen-bond donors (Lipinski definition) is 1. The predicted molar refractivity (Wildman–Crippen MR) is 85.9 cm³/mol. The van der Waals surface area contributed by atoms with E-state index < -0.39 is 21.1 Å². The highest BCUT2D eigenvalue weighted by Crippen LogP contribution is 2.25. The second kappa shape index (κ2) is 6.81. The molecule has 0 spiro atoms. The van der Waals surface area contributed by atoms with Crippen molar-refractivity contribution >= 4 is 27.5 Å². The summed E-state index contributed by atoms with van der Waals surface area (Å²) in [6, 6.07) is 9.28.